The van der Waals surface area contributed by atoms with Gasteiger partial charge in [0.05, 0.1) is 5.56 Å². The fourth-order valence-corrected chi connectivity index (χ4v) is 1.72. The van der Waals surface area contributed by atoms with Crippen molar-refractivity contribution in [1.82, 2.24) is 20.0 Å². The lowest BCUT2D eigenvalue weighted by molar-refractivity contribution is 0.0953. The van der Waals surface area contributed by atoms with E-state index >= 15 is 0 Å². The Bertz CT molecular complexity index is 520. The standard InChI is InChI=1S/C13H18N4O/c1-2-5-14-6-7-16-13(18)11-3-4-12-15-8-9-17(12)10-11/h3-4,8-10,14H,2,5-7H2,1H3,(H,16,18). The first kappa shape index (κ1) is 12.6. The van der Waals surface area contributed by atoms with Crippen molar-refractivity contribution in [2.75, 3.05) is 19.6 Å². The molecule has 0 fully saturated rings. The van der Waals surface area contributed by atoms with Crippen molar-refractivity contribution in [2.24, 2.45) is 0 Å². The lowest BCUT2D eigenvalue weighted by atomic mass is 10.2. The number of carbonyl (C=O) groups excluding carboxylic acids is 1. The fraction of sp³-hybridized carbons (Fsp3) is 0.385. The molecular weight excluding hydrogens is 228 g/mol. The highest BCUT2D eigenvalue weighted by Crippen LogP contribution is 2.04. The minimum absolute atomic E-state index is 0.0519. The van der Waals surface area contributed by atoms with Crippen LogP contribution in [0.1, 0.15) is 23.7 Å². The quantitative estimate of drug-likeness (QED) is 0.749. The second kappa shape index (κ2) is 6.16. The van der Waals surface area contributed by atoms with Crippen LogP contribution in [0, 0.1) is 0 Å². The van der Waals surface area contributed by atoms with Crippen LogP contribution in [0.5, 0.6) is 0 Å². The van der Waals surface area contributed by atoms with E-state index in [0.29, 0.717) is 12.1 Å². The molecule has 0 bridgehead atoms. The molecular formula is C13H18N4O. The highest BCUT2D eigenvalue weighted by Gasteiger charge is 2.05. The Morgan fingerprint density at radius 1 is 1.33 bits per heavy atom. The molecule has 0 aliphatic rings. The van der Waals surface area contributed by atoms with Gasteiger partial charge in [-0.3, -0.25) is 4.79 Å². The summed E-state index contributed by atoms with van der Waals surface area (Å²) in [6.07, 6.45) is 6.43. The number of rotatable bonds is 6. The van der Waals surface area contributed by atoms with Gasteiger partial charge in [-0.15, -0.1) is 0 Å². The van der Waals surface area contributed by atoms with E-state index in [1.54, 1.807) is 18.5 Å². The molecule has 2 rings (SSSR count). The molecule has 0 radical (unpaired) electrons. The number of aromatic nitrogens is 2. The first-order valence-corrected chi connectivity index (χ1v) is 6.23. The van der Waals surface area contributed by atoms with Crippen LogP contribution in [0.4, 0.5) is 0 Å². The van der Waals surface area contributed by atoms with E-state index in [4.69, 9.17) is 0 Å². The third-order valence-electron chi connectivity index (χ3n) is 2.67. The van der Waals surface area contributed by atoms with Crippen LogP contribution in [-0.4, -0.2) is 34.9 Å². The molecule has 2 N–H and O–H groups in total. The first-order chi connectivity index (χ1) is 8.81. The molecule has 0 spiro atoms. The van der Waals surface area contributed by atoms with Crippen molar-refractivity contribution in [3.05, 3.63) is 36.3 Å². The van der Waals surface area contributed by atoms with E-state index < -0.39 is 0 Å². The van der Waals surface area contributed by atoms with Gasteiger partial charge in [0.1, 0.15) is 5.65 Å². The zero-order valence-electron chi connectivity index (χ0n) is 10.5. The molecule has 0 aliphatic carbocycles. The van der Waals surface area contributed by atoms with E-state index in [1.807, 2.05) is 16.7 Å². The number of nitrogens with one attached hydrogen (secondary N) is 2. The zero-order valence-corrected chi connectivity index (χ0v) is 10.5. The van der Waals surface area contributed by atoms with Gasteiger partial charge in [-0.1, -0.05) is 6.92 Å². The topological polar surface area (TPSA) is 58.4 Å². The third kappa shape index (κ3) is 3.07. The molecule has 2 aromatic rings. The van der Waals surface area contributed by atoms with Gasteiger partial charge in [-0.25, -0.2) is 4.98 Å². The molecule has 0 atom stereocenters. The van der Waals surface area contributed by atoms with Gasteiger partial charge in [0.25, 0.3) is 5.91 Å². The predicted molar refractivity (Wildman–Crippen MR) is 70.7 cm³/mol. The summed E-state index contributed by atoms with van der Waals surface area (Å²) in [5.74, 6) is -0.0519. The lowest BCUT2D eigenvalue weighted by Gasteiger charge is -2.06. The summed E-state index contributed by atoms with van der Waals surface area (Å²) in [7, 11) is 0. The normalized spacial score (nSPS) is 10.7. The molecule has 5 heteroatoms. The van der Waals surface area contributed by atoms with Crippen LogP contribution < -0.4 is 10.6 Å². The summed E-state index contributed by atoms with van der Waals surface area (Å²) in [5, 5.41) is 6.12. The fourth-order valence-electron chi connectivity index (χ4n) is 1.72. The van der Waals surface area contributed by atoms with Crippen molar-refractivity contribution in [1.29, 1.82) is 0 Å². The zero-order chi connectivity index (χ0) is 12.8. The number of nitrogens with zero attached hydrogens (tertiary/aromatic N) is 2. The number of fused-ring (bicyclic) bond motifs is 1. The van der Waals surface area contributed by atoms with Crippen LogP contribution in [0.3, 0.4) is 0 Å². The Kier molecular flexibility index (Phi) is 4.30. The van der Waals surface area contributed by atoms with Crippen molar-refractivity contribution < 1.29 is 4.79 Å². The number of pyridine rings is 1. The summed E-state index contributed by atoms with van der Waals surface area (Å²) < 4.78 is 1.84. The van der Waals surface area contributed by atoms with Gasteiger partial charge in [-0.2, -0.15) is 0 Å². The SMILES string of the molecule is CCCNCCNC(=O)c1ccc2nccn2c1. The molecule has 0 unspecified atom stereocenters. The maximum absolute atomic E-state index is 11.9. The summed E-state index contributed by atoms with van der Waals surface area (Å²) in [5.41, 5.74) is 1.49. The highest BCUT2D eigenvalue weighted by molar-refractivity contribution is 5.94. The van der Waals surface area contributed by atoms with Crippen molar-refractivity contribution in [3.8, 4) is 0 Å². The molecule has 0 saturated heterocycles. The van der Waals surface area contributed by atoms with Crippen LogP contribution in [-0.2, 0) is 0 Å². The summed E-state index contributed by atoms with van der Waals surface area (Å²) >= 11 is 0. The summed E-state index contributed by atoms with van der Waals surface area (Å²) in [6, 6.07) is 3.63. The van der Waals surface area contributed by atoms with Gasteiger partial charge >= 0.3 is 0 Å². The Balaban J connectivity index is 1.88. The molecule has 1 amide bonds. The molecule has 0 saturated carbocycles. The maximum Gasteiger partial charge on any atom is 0.252 e. The van der Waals surface area contributed by atoms with E-state index in [9.17, 15) is 4.79 Å². The van der Waals surface area contributed by atoms with Crippen LogP contribution >= 0.6 is 0 Å². The van der Waals surface area contributed by atoms with E-state index in [1.165, 1.54) is 0 Å². The number of hydrogen-bond donors (Lipinski definition) is 2. The minimum Gasteiger partial charge on any atom is -0.351 e. The molecule has 5 nitrogen and oxygen atoms in total. The second-order valence-corrected chi connectivity index (χ2v) is 4.12. The monoisotopic (exact) mass is 246 g/mol. The number of amides is 1. The molecule has 2 heterocycles. The van der Waals surface area contributed by atoms with Gasteiger partial charge in [-0.05, 0) is 25.1 Å². The summed E-state index contributed by atoms with van der Waals surface area (Å²) in [6.45, 7) is 4.54. The minimum atomic E-state index is -0.0519. The molecule has 18 heavy (non-hydrogen) atoms. The average molecular weight is 246 g/mol. The van der Waals surface area contributed by atoms with Gasteiger partial charge in [0.15, 0.2) is 0 Å². The van der Waals surface area contributed by atoms with E-state index in [0.717, 1.165) is 25.2 Å². The van der Waals surface area contributed by atoms with E-state index in [2.05, 4.69) is 22.5 Å². The molecule has 0 aliphatic heterocycles. The van der Waals surface area contributed by atoms with Gasteiger partial charge < -0.3 is 15.0 Å². The Hall–Kier alpha value is -1.88. The predicted octanol–water partition coefficient (Wildman–Crippen LogP) is 1.06. The molecule has 0 aromatic carbocycles. The Labute approximate surface area is 106 Å². The van der Waals surface area contributed by atoms with Crippen molar-refractivity contribution in [2.45, 2.75) is 13.3 Å². The Morgan fingerprint density at radius 3 is 3.06 bits per heavy atom. The van der Waals surface area contributed by atoms with Crippen molar-refractivity contribution in [3.63, 3.8) is 0 Å². The first-order valence-electron chi connectivity index (χ1n) is 6.23. The Morgan fingerprint density at radius 2 is 2.22 bits per heavy atom. The van der Waals surface area contributed by atoms with Gasteiger partial charge in [0, 0.05) is 31.7 Å². The summed E-state index contributed by atoms with van der Waals surface area (Å²) in [4.78, 5) is 16.0. The largest absolute Gasteiger partial charge is 0.351 e. The van der Waals surface area contributed by atoms with Crippen LogP contribution in [0.15, 0.2) is 30.7 Å². The molecule has 2 aromatic heterocycles. The van der Waals surface area contributed by atoms with Crippen LogP contribution in [0.2, 0.25) is 0 Å². The van der Waals surface area contributed by atoms with Crippen molar-refractivity contribution >= 4 is 11.6 Å². The average Bonchev–Trinajstić information content (AvgIpc) is 2.85. The highest BCUT2D eigenvalue weighted by atomic mass is 16.1. The lowest BCUT2D eigenvalue weighted by Crippen LogP contribution is -2.32. The number of imidazole rings is 1. The third-order valence-corrected chi connectivity index (χ3v) is 2.67. The second-order valence-electron chi connectivity index (χ2n) is 4.12. The van der Waals surface area contributed by atoms with Crippen LogP contribution in [0.25, 0.3) is 5.65 Å². The maximum atomic E-state index is 11.9. The van der Waals surface area contributed by atoms with Gasteiger partial charge in [0.2, 0.25) is 0 Å². The number of carbonyl (C=O) groups is 1. The number of hydrogen-bond acceptors (Lipinski definition) is 3. The molecule has 96 valence electrons. The van der Waals surface area contributed by atoms with E-state index in [-0.39, 0.29) is 5.91 Å². The smallest absolute Gasteiger partial charge is 0.252 e.